The van der Waals surface area contributed by atoms with Crippen molar-refractivity contribution in [1.82, 2.24) is 0 Å². The molecule has 0 spiro atoms. The first kappa shape index (κ1) is 19.4. The van der Waals surface area contributed by atoms with E-state index in [1.165, 1.54) is 6.07 Å². The Kier molecular flexibility index (Phi) is 6.27. The van der Waals surface area contributed by atoms with Crippen LogP contribution in [0.15, 0.2) is 36.4 Å². The van der Waals surface area contributed by atoms with Crippen molar-refractivity contribution in [1.29, 1.82) is 0 Å². The van der Waals surface area contributed by atoms with E-state index in [9.17, 15) is 18.4 Å². The maximum atomic E-state index is 13.2. The Hall–Kier alpha value is -2.96. The molecule has 0 aliphatic rings. The number of halogens is 2. The molecule has 26 heavy (non-hydrogen) atoms. The monoisotopic (exact) mass is 361 g/mol. The normalized spacial score (nSPS) is 10.3. The summed E-state index contributed by atoms with van der Waals surface area (Å²) in [5.41, 5.74) is 2.34. The van der Waals surface area contributed by atoms with E-state index in [2.05, 4.69) is 29.4 Å². The van der Waals surface area contributed by atoms with Gasteiger partial charge in [0.05, 0.1) is 0 Å². The molecule has 2 aromatic rings. The lowest BCUT2D eigenvalue weighted by atomic mass is 10.1. The molecule has 0 bridgehead atoms. The number of hydrogen-bond acceptors (Lipinski definition) is 3. The van der Waals surface area contributed by atoms with Gasteiger partial charge in [-0.25, -0.2) is 8.78 Å². The zero-order chi connectivity index (χ0) is 19.3. The fourth-order valence-electron chi connectivity index (χ4n) is 2.51. The number of nitrogens with one attached hydrogen (secondary N) is 2. The number of aryl methyl sites for hydroxylation is 1. The summed E-state index contributed by atoms with van der Waals surface area (Å²) in [4.78, 5) is 26.2. The van der Waals surface area contributed by atoms with Crippen LogP contribution in [0, 0.1) is 18.6 Å². The Morgan fingerprint density at radius 1 is 0.923 bits per heavy atom. The van der Waals surface area contributed by atoms with Gasteiger partial charge in [0.2, 0.25) is 0 Å². The number of benzene rings is 2. The molecule has 2 aromatic carbocycles. The summed E-state index contributed by atoms with van der Waals surface area (Å²) >= 11 is 0. The number of nitrogens with zero attached hydrogens (tertiary/aromatic N) is 1. The summed E-state index contributed by atoms with van der Waals surface area (Å²) < 4.78 is 26.1. The van der Waals surface area contributed by atoms with E-state index in [0.717, 1.165) is 36.5 Å². The zero-order valence-electron chi connectivity index (χ0n) is 14.9. The molecular formula is C19H21F2N3O2. The summed E-state index contributed by atoms with van der Waals surface area (Å²) in [6, 6.07) is 8.38. The molecule has 0 atom stereocenters. The molecule has 0 heterocycles. The average molecular weight is 361 g/mol. The summed E-state index contributed by atoms with van der Waals surface area (Å²) in [6.07, 6.45) is 0. The highest BCUT2D eigenvalue weighted by Gasteiger charge is 2.16. The van der Waals surface area contributed by atoms with Crippen molar-refractivity contribution in [3.8, 4) is 0 Å². The van der Waals surface area contributed by atoms with Crippen LogP contribution in [-0.4, -0.2) is 24.9 Å². The van der Waals surface area contributed by atoms with E-state index in [-0.39, 0.29) is 5.69 Å². The van der Waals surface area contributed by atoms with Crippen molar-refractivity contribution in [3.05, 3.63) is 53.6 Å². The average Bonchev–Trinajstić information content (AvgIpc) is 2.61. The largest absolute Gasteiger partial charge is 0.372 e. The van der Waals surface area contributed by atoms with Crippen molar-refractivity contribution in [3.63, 3.8) is 0 Å². The van der Waals surface area contributed by atoms with Crippen molar-refractivity contribution < 1.29 is 18.4 Å². The third kappa shape index (κ3) is 4.56. The highest BCUT2D eigenvalue weighted by molar-refractivity contribution is 6.43. The van der Waals surface area contributed by atoms with Crippen LogP contribution in [0.4, 0.5) is 25.8 Å². The number of amides is 2. The van der Waals surface area contributed by atoms with E-state index >= 15 is 0 Å². The molecule has 2 N–H and O–H groups in total. The number of hydrogen-bond donors (Lipinski definition) is 2. The molecule has 2 rings (SSSR count). The Bertz CT molecular complexity index is 820. The smallest absolute Gasteiger partial charge is 0.314 e. The standard InChI is InChI=1S/C19H21F2N3O2/c1-4-24(5-2)14-7-9-17(12(3)10-14)23-19(26)18(25)22-13-6-8-15(20)16(21)11-13/h6-11H,4-5H2,1-3H3,(H,22,25)(H,23,26). The van der Waals surface area contributed by atoms with Crippen LogP contribution in [0.3, 0.4) is 0 Å². The Balaban J connectivity index is 2.06. The second-order valence-corrected chi connectivity index (χ2v) is 5.71. The van der Waals surface area contributed by atoms with Crippen LogP contribution in [0.25, 0.3) is 0 Å². The van der Waals surface area contributed by atoms with Crippen molar-refractivity contribution in [2.75, 3.05) is 28.6 Å². The summed E-state index contributed by atoms with van der Waals surface area (Å²) in [5, 5.41) is 4.75. The van der Waals surface area contributed by atoms with Gasteiger partial charge in [-0.3, -0.25) is 9.59 Å². The zero-order valence-corrected chi connectivity index (χ0v) is 14.9. The first-order valence-corrected chi connectivity index (χ1v) is 8.28. The van der Waals surface area contributed by atoms with Gasteiger partial charge in [-0.05, 0) is 56.7 Å². The lowest BCUT2D eigenvalue weighted by Gasteiger charge is -2.22. The number of carbonyl (C=O) groups excluding carboxylic acids is 2. The molecular weight excluding hydrogens is 340 g/mol. The highest BCUT2D eigenvalue weighted by Crippen LogP contribution is 2.22. The maximum Gasteiger partial charge on any atom is 0.314 e. The van der Waals surface area contributed by atoms with Gasteiger partial charge in [-0.1, -0.05) is 0 Å². The molecule has 0 saturated carbocycles. The van der Waals surface area contributed by atoms with E-state index < -0.39 is 23.4 Å². The van der Waals surface area contributed by atoms with Gasteiger partial charge in [0.25, 0.3) is 0 Å². The van der Waals surface area contributed by atoms with Gasteiger partial charge in [0.1, 0.15) is 0 Å². The van der Waals surface area contributed by atoms with Crippen LogP contribution >= 0.6 is 0 Å². The second kappa shape index (κ2) is 8.42. The molecule has 0 saturated heterocycles. The minimum Gasteiger partial charge on any atom is -0.372 e. The fourth-order valence-corrected chi connectivity index (χ4v) is 2.51. The van der Waals surface area contributed by atoms with Crippen LogP contribution in [0.2, 0.25) is 0 Å². The van der Waals surface area contributed by atoms with Gasteiger partial charge in [-0.15, -0.1) is 0 Å². The lowest BCUT2D eigenvalue weighted by Crippen LogP contribution is -2.29. The summed E-state index contributed by atoms with van der Waals surface area (Å²) in [6.45, 7) is 7.65. The van der Waals surface area contributed by atoms with Crippen molar-refractivity contribution in [2.24, 2.45) is 0 Å². The molecule has 0 aliphatic carbocycles. The molecule has 7 heteroatoms. The SMILES string of the molecule is CCN(CC)c1ccc(NC(=O)C(=O)Nc2ccc(F)c(F)c2)c(C)c1. The maximum absolute atomic E-state index is 13.2. The van der Waals surface area contributed by atoms with Gasteiger partial charge in [-0.2, -0.15) is 0 Å². The van der Waals surface area contributed by atoms with Gasteiger partial charge < -0.3 is 15.5 Å². The van der Waals surface area contributed by atoms with Gasteiger partial charge in [0.15, 0.2) is 11.6 Å². The topological polar surface area (TPSA) is 61.4 Å². The quantitative estimate of drug-likeness (QED) is 0.799. The van der Waals surface area contributed by atoms with E-state index in [4.69, 9.17) is 0 Å². The molecule has 138 valence electrons. The predicted octanol–water partition coefficient (Wildman–Crippen LogP) is 3.70. The first-order chi connectivity index (χ1) is 12.3. The van der Waals surface area contributed by atoms with Gasteiger partial charge in [0, 0.05) is 36.2 Å². The van der Waals surface area contributed by atoms with Crippen LogP contribution in [-0.2, 0) is 9.59 Å². The van der Waals surface area contributed by atoms with Crippen LogP contribution in [0.1, 0.15) is 19.4 Å². The van der Waals surface area contributed by atoms with Crippen LogP contribution < -0.4 is 15.5 Å². The Labute approximate surface area is 151 Å². The third-order valence-electron chi connectivity index (χ3n) is 3.97. The number of rotatable bonds is 5. The van der Waals surface area contributed by atoms with Crippen LogP contribution in [0.5, 0.6) is 0 Å². The third-order valence-corrected chi connectivity index (χ3v) is 3.97. The summed E-state index contributed by atoms with van der Waals surface area (Å²) in [5.74, 6) is -4.00. The minimum absolute atomic E-state index is 0.00217. The van der Waals surface area contributed by atoms with Crippen molar-refractivity contribution >= 4 is 28.9 Å². The second-order valence-electron chi connectivity index (χ2n) is 5.71. The molecule has 0 fully saturated rings. The fraction of sp³-hybridized carbons (Fsp3) is 0.263. The van der Waals surface area contributed by atoms with E-state index in [1.54, 1.807) is 6.07 Å². The van der Waals surface area contributed by atoms with Gasteiger partial charge >= 0.3 is 11.8 Å². The van der Waals surface area contributed by atoms with Crippen molar-refractivity contribution in [2.45, 2.75) is 20.8 Å². The molecule has 2 amide bonds. The van der Waals surface area contributed by atoms with E-state index in [0.29, 0.717) is 5.69 Å². The summed E-state index contributed by atoms with van der Waals surface area (Å²) in [7, 11) is 0. The van der Waals surface area contributed by atoms with E-state index in [1.807, 2.05) is 19.1 Å². The number of carbonyl (C=O) groups is 2. The predicted molar refractivity (Wildman–Crippen MR) is 98.4 cm³/mol. The molecule has 5 nitrogen and oxygen atoms in total. The number of anilines is 3. The Morgan fingerprint density at radius 3 is 2.15 bits per heavy atom. The first-order valence-electron chi connectivity index (χ1n) is 8.28. The molecule has 0 radical (unpaired) electrons. The Morgan fingerprint density at radius 2 is 1.58 bits per heavy atom. The minimum atomic E-state index is -1.11. The molecule has 0 aliphatic heterocycles. The highest BCUT2D eigenvalue weighted by atomic mass is 19.2. The lowest BCUT2D eigenvalue weighted by molar-refractivity contribution is -0.133. The molecule has 0 aromatic heterocycles. The molecule has 0 unspecified atom stereocenters.